The van der Waals surface area contributed by atoms with Crippen molar-refractivity contribution < 1.29 is 19.5 Å². The molecule has 0 saturated carbocycles. The minimum absolute atomic E-state index is 0.0917. The van der Waals surface area contributed by atoms with Crippen LogP contribution in [0, 0.1) is 12.8 Å². The number of nitrogens with one attached hydrogen (secondary N) is 1. The van der Waals surface area contributed by atoms with Crippen molar-refractivity contribution in [3.8, 4) is 5.88 Å². The summed E-state index contributed by atoms with van der Waals surface area (Å²) < 4.78 is 6.02. The molecule has 2 aliphatic heterocycles. The Morgan fingerprint density at radius 1 is 1.06 bits per heavy atom. The quantitative estimate of drug-likeness (QED) is 0.520. The number of hydrogen-bond acceptors (Lipinski definition) is 7. The van der Waals surface area contributed by atoms with Gasteiger partial charge in [0.15, 0.2) is 0 Å². The Kier molecular flexibility index (Phi) is 7.10. The summed E-state index contributed by atoms with van der Waals surface area (Å²) >= 11 is 0. The molecule has 9 nitrogen and oxygen atoms in total. The molecule has 0 aliphatic carbocycles. The van der Waals surface area contributed by atoms with Crippen LogP contribution in [0.15, 0.2) is 48.5 Å². The molecule has 0 spiro atoms. The minimum atomic E-state index is -0.733. The molecule has 2 aliphatic rings. The van der Waals surface area contributed by atoms with Crippen LogP contribution in [0.1, 0.15) is 12.1 Å². The highest BCUT2D eigenvalue weighted by Crippen LogP contribution is 2.28. The minimum Gasteiger partial charge on any atom is -0.473 e. The highest BCUT2D eigenvalue weighted by Gasteiger charge is 2.45. The molecular weight excluding hydrogens is 422 g/mol. The first-order chi connectivity index (χ1) is 16.0. The Bertz CT molecular complexity index is 964. The maximum Gasteiger partial charge on any atom is 0.248 e. The van der Waals surface area contributed by atoms with Gasteiger partial charge in [0, 0.05) is 50.2 Å². The zero-order valence-electron chi connectivity index (χ0n) is 19.1. The van der Waals surface area contributed by atoms with Gasteiger partial charge in [0.25, 0.3) is 0 Å². The van der Waals surface area contributed by atoms with E-state index in [1.165, 1.54) is 0 Å². The molecule has 4 rings (SSSR count). The number of piperazine rings is 1. The van der Waals surface area contributed by atoms with E-state index >= 15 is 0 Å². The van der Waals surface area contributed by atoms with E-state index in [0.717, 1.165) is 24.5 Å². The third-order valence-corrected chi connectivity index (χ3v) is 6.43. The zero-order valence-corrected chi connectivity index (χ0v) is 19.1. The van der Waals surface area contributed by atoms with Crippen LogP contribution in [0.3, 0.4) is 0 Å². The Balaban J connectivity index is 1.43. The summed E-state index contributed by atoms with van der Waals surface area (Å²) in [6.45, 7) is 4.98. The highest BCUT2D eigenvalue weighted by atomic mass is 16.5. The number of benzene rings is 1. The van der Waals surface area contributed by atoms with Crippen molar-refractivity contribution in [3.63, 3.8) is 0 Å². The third-order valence-electron chi connectivity index (χ3n) is 6.43. The van der Waals surface area contributed by atoms with Crippen LogP contribution < -0.4 is 15.1 Å². The van der Waals surface area contributed by atoms with Gasteiger partial charge in [0.2, 0.25) is 17.7 Å². The zero-order chi connectivity index (χ0) is 23.4. The number of nitrogens with zero attached hydrogens (tertiary/aromatic N) is 4. The van der Waals surface area contributed by atoms with Crippen LogP contribution in [0.5, 0.6) is 5.88 Å². The number of rotatable bonds is 5. The van der Waals surface area contributed by atoms with Crippen LogP contribution in [0.25, 0.3) is 0 Å². The van der Waals surface area contributed by atoms with E-state index in [1.807, 2.05) is 54.1 Å². The normalized spacial score (nSPS) is 23.8. The topological polar surface area (TPSA) is 98.2 Å². The maximum absolute atomic E-state index is 13.5. The van der Waals surface area contributed by atoms with Crippen molar-refractivity contribution in [2.24, 2.45) is 5.92 Å². The largest absolute Gasteiger partial charge is 0.473 e. The molecule has 3 atom stereocenters. The number of para-hydroxylation sites is 1. The molecule has 1 aromatic heterocycles. The number of likely N-dealkylation sites (N-methyl/N-ethyl adjacent to an activating group) is 1. The van der Waals surface area contributed by atoms with Gasteiger partial charge in [-0.3, -0.25) is 19.7 Å². The van der Waals surface area contributed by atoms with Gasteiger partial charge in [-0.1, -0.05) is 24.3 Å². The summed E-state index contributed by atoms with van der Waals surface area (Å²) in [6, 6.07) is 15.0. The van der Waals surface area contributed by atoms with Crippen molar-refractivity contribution in [2.45, 2.75) is 25.5 Å². The number of carbonyl (C=O) groups is 2. The Morgan fingerprint density at radius 3 is 2.45 bits per heavy atom. The van der Waals surface area contributed by atoms with Crippen molar-refractivity contribution in [2.75, 3.05) is 44.7 Å². The van der Waals surface area contributed by atoms with Crippen molar-refractivity contribution in [1.82, 2.24) is 20.3 Å². The lowest BCUT2D eigenvalue weighted by molar-refractivity contribution is -0.151. The summed E-state index contributed by atoms with van der Waals surface area (Å²) in [4.78, 5) is 36.4. The predicted molar refractivity (Wildman–Crippen MR) is 123 cm³/mol. The smallest absolute Gasteiger partial charge is 0.248 e. The van der Waals surface area contributed by atoms with Gasteiger partial charge >= 0.3 is 0 Å². The molecule has 0 bridgehead atoms. The van der Waals surface area contributed by atoms with Gasteiger partial charge in [-0.05, 0) is 38.6 Å². The van der Waals surface area contributed by atoms with Crippen molar-refractivity contribution in [3.05, 3.63) is 54.2 Å². The van der Waals surface area contributed by atoms with Crippen LogP contribution >= 0.6 is 0 Å². The summed E-state index contributed by atoms with van der Waals surface area (Å²) in [7, 11) is 1.82. The number of anilines is 1. The molecule has 176 valence electrons. The molecule has 9 heteroatoms. The molecule has 2 amide bonds. The number of amides is 2. The number of hydrogen-bond donors (Lipinski definition) is 2. The average Bonchev–Trinajstić information content (AvgIpc) is 2.83. The molecule has 2 aromatic rings. The number of ether oxygens (including phenoxy) is 1. The summed E-state index contributed by atoms with van der Waals surface area (Å²) in [6.07, 6.45) is -0.0159. The fourth-order valence-corrected chi connectivity index (χ4v) is 4.77. The number of likely N-dealkylation sites (tertiary alicyclic amines) is 1. The Labute approximate surface area is 193 Å². The Morgan fingerprint density at radius 2 is 1.79 bits per heavy atom. The number of aryl methyl sites for hydroxylation is 1. The van der Waals surface area contributed by atoms with Crippen molar-refractivity contribution in [1.29, 1.82) is 0 Å². The molecule has 33 heavy (non-hydrogen) atoms. The van der Waals surface area contributed by atoms with E-state index in [1.54, 1.807) is 11.5 Å². The van der Waals surface area contributed by atoms with E-state index in [-0.39, 0.29) is 12.0 Å². The maximum atomic E-state index is 13.5. The number of pyridine rings is 1. The van der Waals surface area contributed by atoms with Gasteiger partial charge in [0.05, 0.1) is 5.92 Å². The third kappa shape index (κ3) is 5.26. The Hall–Kier alpha value is -3.17. The predicted octanol–water partition coefficient (Wildman–Crippen LogP) is 1.31. The summed E-state index contributed by atoms with van der Waals surface area (Å²) in [5, 5.41) is 9.35. The number of aromatic nitrogens is 1. The molecule has 0 radical (unpaired) electrons. The first-order valence-corrected chi connectivity index (χ1v) is 11.3. The van der Waals surface area contributed by atoms with E-state index in [4.69, 9.17) is 4.74 Å². The van der Waals surface area contributed by atoms with Crippen LogP contribution in [-0.2, 0) is 9.59 Å². The average molecular weight is 454 g/mol. The van der Waals surface area contributed by atoms with Gasteiger partial charge in [0.1, 0.15) is 12.1 Å². The first-order valence-electron chi connectivity index (χ1n) is 11.3. The SMILES string of the molecule is Cc1cccc(O[C@H]2C[C@H](C(=O)NO)[C@@H](C(=O)N3CCN(c4ccccc4)CC3)N(C)C2)n1. The molecule has 2 fully saturated rings. The first kappa shape index (κ1) is 23.0. The van der Waals surface area contributed by atoms with Gasteiger partial charge in [-0.2, -0.15) is 0 Å². The van der Waals surface area contributed by atoms with E-state index in [0.29, 0.717) is 31.9 Å². The standard InChI is InChI=1S/C24H31N5O4/c1-17-7-6-10-21(25-17)33-19-15-20(23(30)26-32)22(27(2)16-19)24(31)29-13-11-28(12-14-29)18-8-4-3-5-9-18/h3-10,19-20,22,32H,11-16H2,1-2H3,(H,26,30)/t19-,20-,22-/m0/s1. The lowest BCUT2D eigenvalue weighted by atomic mass is 9.86. The van der Waals surface area contributed by atoms with Crippen LogP contribution in [0.2, 0.25) is 0 Å². The van der Waals surface area contributed by atoms with Gasteiger partial charge in [-0.25, -0.2) is 10.5 Å². The lowest BCUT2D eigenvalue weighted by Crippen LogP contribution is -2.62. The fourth-order valence-electron chi connectivity index (χ4n) is 4.77. The molecule has 2 N–H and O–H groups in total. The molecule has 3 heterocycles. The highest BCUT2D eigenvalue weighted by molar-refractivity contribution is 5.90. The second-order valence-electron chi connectivity index (χ2n) is 8.71. The van der Waals surface area contributed by atoms with Gasteiger partial charge < -0.3 is 14.5 Å². The van der Waals surface area contributed by atoms with Crippen LogP contribution in [-0.4, -0.2) is 83.7 Å². The molecular formula is C24H31N5O4. The van der Waals surface area contributed by atoms with E-state index in [2.05, 4.69) is 22.0 Å². The van der Waals surface area contributed by atoms with Crippen LogP contribution in [0.4, 0.5) is 5.69 Å². The lowest BCUT2D eigenvalue weighted by Gasteiger charge is -2.44. The molecule has 1 aromatic carbocycles. The van der Waals surface area contributed by atoms with E-state index < -0.39 is 17.9 Å². The fraction of sp³-hybridized carbons (Fsp3) is 0.458. The van der Waals surface area contributed by atoms with Crippen molar-refractivity contribution >= 4 is 17.5 Å². The number of hydroxylamine groups is 1. The molecule has 0 unspecified atom stereocenters. The number of piperidine rings is 1. The monoisotopic (exact) mass is 453 g/mol. The number of carbonyl (C=O) groups excluding carboxylic acids is 2. The molecule has 2 saturated heterocycles. The van der Waals surface area contributed by atoms with E-state index in [9.17, 15) is 14.8 Å². The second kappa shape index (κ2) is 10.2. The second-order valence-corrected chi connectivity index (χ2v) is 8.71. The summed E-state index contributed by atoms with van der Waals surface area (Å²) in [5.74, 6) is -0.916. The van der Waals surface area contributed by atoms with Gasteiger partial charge in [-0.15, -0.1) is 0 Å². The summed E-state index contributed by atoms with van der Waals surface area (Å²) in [5.41, 5.74) is 3.73.